The van der Waals surface area contributed by atoms with E-state index >= 15 is 0 Å². The van der Waals surface area contributed by atoms with Crippen molar-refractivity contribution in [3.05, 3.63) is 53.6 Å². The fourth-order valence-electron chi connectivity index (χ4n) is 1.58. The molecule has 1 aromatic carbocycles. The lowest BCUT2D eigenvalue weighted by molar-refractivity contribution is 0.102. The second-order valence-electron chi connectivity index (χ2n) is 3.83. The zero-order valence-electron chi connectivity index (χ0n) is 10.2. The van der Waals surface area contributed by atoms with Gasteiger partial charge < -0.3 is 10.7 Å². The van der Waals surface area contributed by atoms with E-state index in [0.717, 1.165) is 6.07 Å². The quantitative estimate of drug-likeness (QED) is 0.581. The molecule has 0 atom stereocenters. The van der Waals surface area contributed by atoms with Gasteiger partial charge in [0.25, 0.3) is 5.91 Å². The second-order valence-corrected chi connectivity index (χ2v) is 3.83. The van der Waals surface area contributed by atoms with E-state index in [1.165, 1.54) is 30.6 Å². The van der Waals surface area contributed by atoms with Crippen LogP contribution in [0, 0.1) is 17.1 Å². The molecule has 2 rings (SSSR count). The predicted octanol–water partition coefficient (Wildman–Crippen LogP) is 1.63. The number of carbonyl (C=O) groups is 1. The second kappa shape index (κ2) is 5.77. The van der Waals surface area contributed by atoms with Crippen LogP contribution in [-0.2, 0) is 0 Å². The minimum Gasteiger partial charge on any atom is -0.322 e. The molecule has 0 fully saturated rings. The van der Waals surface area contributed by atoms with E-state index in [-0.39, 0.29) is 16.8 Å². The van der Waals surface area contributed by atoms with E-state index in [2.05, 4.69) is 15.7 Å². The molecule has 0 aliphatic rings. The van der Waals surface area contributed by atoms with Gasteiger partial charge in [-0.3, -0.25) is 15.6 Å². The summed E-state index contributed by atoms with van der Waals surface area (Å²) in [6, 6.07) is 7.04. The van der Waals surface area contributed by atoms with Crippen molar-refractivity contribution in [2.24, 2.45) is 5.84 Å². The molecule has 0 bridgehead atoms. The highest BCUT2D eigenvalue weighted by Crippen LogP contribution is 2.18. The van der Waals surface area contributed by atoms with Crippen LogP contribution in [-0.4, -0.2) is 10.9 Å². The van der Waals surface area contributed by atoms with E-state index in [0.29, 0.717) is 5.69 Å². The van der Waals surface area contributed by atoms with Gasteiger partial charge in [-0.1, -0.05) is 0 Å². The highest BCUT2D eigenvalue weighted by atomic mass is 19.1. The third-order valence-electron chi connectivity index (χ3n) is 2.57. The van der Waals surface area contributed by atoms with Gasteiger partial charge in [0.15, 0.2) is 0 Å². The van der Waals surface area contributed by atoms with Gasteiger partial charge in [-0.2, -0.15) is 5.26 Å². The Labute approximate surface area is 114 Å². The number of nitriles is 1. The number of amides is 1. The monoisotopic (exact) mass is 271 g/mol. The Morgan fingerprint density at radius 3 is 2.80 bits per heavy atom. The number of halogens is 1. The number of pyridine rings is 1. The number of nitrogens with two attached hydrogens (primary N) is 1. The van der Waals surface area contributed by atoms with Crippen LogP contribution in [0.2, 0.25) is 0 Å². The minimum atomic E-state index is -0.686. The molecule has 0 radical (unpaired) electrons. The average Bonchev–Trinajstić information content (AvgIpc) is 2.49. The van der Waals surface area contributed by atoms with Crippen LogP contribution in [0.1, 0.15) is 15.9 Å². The fourth-order valence-corrected chi connectivity index (χ4v) is 1.58. The number of nitrogens with one attached hydrogen (secondary N) is 2. The van der Waals surface area contributed by atoms with Crippen molar-refractivity contribution >= 4 is 17.3 Å². The lowest BCUT2D eigenvalue weighted by Gasteiger charge is -2.09. The number of nitrogens with zero attached hydrogens (tertiary/aromatic N) is 2. The SMILES string of the molecule is N#Cc1ccc(NC(=O)c2ccncc2NN)c(F)c1. The normalized spacial score (nSPS) is 9.65. The average molecular weight is 271 g/mol. The molecule has 7 heteroatoms. The molecule has 6 nitrogen and oxygen atoms in total. The number of hydrogen-bond acceptors (Lipinski definition) is 5. The molecule has 0 aliphatic heterocycles. The summed E-state index contributed by atoms with van der Waals surface area (Å²) in [5, 5.41) is 11.1. The summed E-state index contributed by atoms with van der Waals surface area (Å²) in [7, 11) is 0. The molecule has 20 heavy (non-hydrogen) atoms. The topological polar surface area (TPSA) is 104 Å². The largest absolute Gasteiger partial charge is 0.322 e. The minimum absolute atomic E-state index is 0.0196. The van der Waals surface area contributed by atoms with Gasteiger partial charge in [-0.05, 0) is 24.3 Å². The molecule has 0 unspecified atom stereocenters. The standard InChI is InChI=1S/C13H10FN5O/c14-10-5-8(6-15)1-2-11(10)18-13(20)9-3-4-17-7-12(9)19-16/h1-5,7,19H,16H2,(H,18,20). The van der Waals surface area contributed by atoms with E-state index in [4.69, 9.17) is 11.1 Å². The zero-order valence-corrected chi connectivity index (χ0v) is 10.2. The van der Waals surface area contributed by atoms with Crippen molar-refractivity contribution in [1.29, 1.82) is 5.26 Å². The maximum Gasteiger partial charge on any atom is 0.258 e. The lowest BCUT2D eigenvalue weighted by Crippen LogP contribution is -2.18. The van der Waals surface area contributed by atoms with Crippen molar-refractivity contribution in [2.45, 2.75) is 0 Å². The molecular weight excluding hydrogens is 261 g/mol. The number of anilines is 2. The molecule has 1 amide bonds. The summed E-state index contributed by atoms with van der Waals surface area (Å²) in [5.41, 5.74) is 3.04. The van der Waals surface area contributed by atoms with Gasteiger partial charge in [0.1, 0.15) is 5.82 Å². The maximum absolute atomic E-state index is 13.7. The van der Waals surface area contributed by atoms with Gasteiger partial charge >= 0.3 is 0 Å². The Kier molecular flexibility index (Phi) is 3.88. The maximum atomic E-state index is 13.7. The Hall–Kier alpha value is -2.98. The van der Waals surface area contributed by atoms with Crippen LogP contribution in [0.5, 0.6) is 0 Å². The smallest absolute Gasteiger partial charge is 0.258 e. The number of carbonyl (C=O) groups excluding carboxylic acids is 1. The molecular formula is C13H10FN5O. The summed E-state index contributed by atoms with van der Waals surface area (Å²) >= 11 is 0. The van der Waals surface area contributed by atoms with Crippen molar-refractivity contribution in [3.8, 4) is 6.07 Å². The van der Waals surface area contributed by atoms with Crippen LogP contribution in [0.25, 0.3) is 0 Å². The molecule has 0 saturated carbocycles. The van der Waals surface area contributed by atoms with Gasteiger partial charge in [-0.15, -0.1) is 0 Å². The third-order valence-corrected chi connectivity index (χ3v) is 2.57. The first-order chi connectivity index (χ1) is 9.65. The molecule has 0 aliphatic carbocycles. The number of hydrazine groups is 1. The first kappa shape index (κ1) is 13.5. The summed E-state index contributed by atoms with van der Waals surface area (Å²) in [6.07, 6.45) is 2.80. The zero-order chi connectivity index (χ0) is 14.5. The Balaban J connectivity index is 2.26. The van der Waals surface area contributed by atoms with Crippen LogP contribution >= 0.6 is 0 Å². The van der Waals surface area contributed by atoms with Crippen molar-refractivity contribution in [1.82, 2.24) is 4.98 Å². The number of nitrogen functional groups attached to an aromatic ring is 1. The third kappa shape index (κ3) is 2.71. The van der Waals surface area contributed by atoms with E-state index in [9.17, 15) is 9.18 Å². The Morgan fingerprint density at radius 1 is 1.35 bits per heavy atom. The molecule has 4 N–H and O–H groups in total. The Morgan fingerprint density at radius 2 is 2.15 bits per heavy atom. The van der Waals surface area contributed by atoms with Crippen LogP contribution < -0.4 is 16.6 Å². The molecule has 2 aromatic rings. The van der Waals surface area contributed by atoms with Crippen molar-refractivity contribution in [3.63, 3.8) is 0 Å². The molecule has 100 valence electrons. The van der Waals surface area contributed by atoms with Crippen molar-refractivity contribution < 1.29 is 9.18 Å². The number of benzene rings is 1. The van der Waals surface area contributed by atoms with E-state index in [1.807, 2.05) is 6.07 Å². The van der Waals surface area contributed by atoms with Gasteiger partial charge in [0, 0.05) is 6.20 Å². The molecule has 0 spiro atoms. The van der Waals surface area contributed by atoms with Gasteiger partial charge in [-0.25, -0.2) is 4.39 Å². The summed E-state index contributed by atoms with van der Waals surface area (Å²) < 4.78 is 13.7. The summed E-state index contributed by atoms with van der Waals surface area (Å²) in [6.45, 7) is 0. The summed E-state index contributed by atoms with van der Waals surface area (Å²) in [5.74, 6) is 4.05. The van der Waals surface area contributed by atoms with Crippen LogP contribution in [0.4, 0.5) is 15.8 Å². The van der Waals surface area contributed by atoms with Crippen LogP contribution in [0.15, 0.2) is 36.7 Å². The number of aromatic nitrogens is 1. The van der Waals surface area contributed by atoms with E-state index in [1.54, 1.807) is 0 Å². The fraction of sp³-hybridized carbons (Fsp3) is 0. The summed E-state index contributed by atoms with van der Waals surface area (Å²) in [4.78, 5) is 15.8. The Bertz CT molecular complexity index is 695. The lowest BCUT2D eigenvalue weighted by atomic mass is 10.2. The molecule has 0 saturated heterocycles. The highest BCUT2D eigenvalue weighted by molar-refractivity contribution is 6.07. The van der Waals surface area contributed by atoms with E-state index < -0.39 is 11.7 Å². The van der Waals surface area contributed by atoms with Gasteiger partial charge in [0.2, 0.25) is 0 Å². The number of rotatable bonds is 3. The first-order valence-electron chi connectivity index (χ1n) is 5.57. The molecule has 1 heterocycles. The molecule has 1 aromatic heterocycles. The first-order valence-corrected chi connectivity index (χ1v) is 5.57. The van der Waals surface area contributed by atoms with Gasteiger partial charge in [0.05, 0.1) is 34.8 Å². The van der Waals surface area contributed by atoms with Crippen molar-refractivity contribution in [2.75, 3.05) is 10.7 Å². The highest BCUT2D eigenvalue weighted by Gasteiger charge is 2.13. The van der Waals surface area contributed by atoms with Crippen LogP contribution in [0.3, 0.4) is 0 Å². The number of hydrogen-bond donors (Lipinski definition) is 3. The predicted molar refractivity (Wildman–Crippen MR) is 71.1 cm³/mol.